The summed E-state index contributed by atoms with van der Waals surface area (Å²) in [4.78, 5) is 0. The molecule has 0 saturated heterocycles. The number of halogens is 1. The van der Waals surface area contributed by atoms with Gasteiger partial charge in [-0.05, 0) is 67.0 Å². The summed E-state index contributed by atoms with van der Waals surface area (Å²) in [5.74, 6) is 8.17. The summed E-state index contributed by atoms with van der Waals surface area (Å²) in [5.41, 5.74) is 3.21. The Morgan fingerprint density at radius 3 is 2.07 bits per heavy atom. The number of hydrogen-bond donors (Lipinski definition) is 0. The van der Waals surface area contributed by atoms with Gasteiger partial charge in [0.1, 0.15) is 5.82 Å². The lowest BCUT2D eigenvalue weighted by Crippen LogP contribution is -2.13. The van der Waals surface area contributed by atoms with Crippen LogP contribution in [0.3, 0.4) is 0 Å². The molecule has 0 atom stereocenters. The lowest BCUT2D eigenvalue weighted by Gasteiger charge is -2.25. The van der Waals surface area contributed by atoms with Gasteiger partial charge < -0.3 is 0 Å². The van der Waals surface area contributed by atoms with E-state index in [9.17, 15) is 4.39 Å². The molecule has 3 rings (SSSR count). The van der Waals surface area contributed by atoms with E-state index in [4.69, 9.17) is 0 Å². The lowest BCUT2D eigenvalue weighted by atomic mass is 9.80. The monoisotopic (exact) mass is 362 g/mol. The van der Waals surface area contributed by atoms with Gasteiger partial charge in [-0.3, -0.25) is 0 Å². The number of unbranched alkanes of at least 4 members (excludes halogenated alkanes) is 3. The molecule has 0 unspecified atom stereocenters. The van der Waals surface area contributed by atoms with Crippen molar-refractivity contribution in [3.63, 3.8) is 0 Å². The normalized spacial score (nSPS) is 19.3. The predicted molar refractivity (Wildman–Crippen MR) is 113 cm³/mol. The van der Waals surface area contributed by atoms with E-state index in [-0.39, 0.29) is 5.82 Å². The topological polar surface area (TPSA) is 0 Å². The maximum atomic E-state index is 13.0. The molecule has 1 fully saturated rings. The highest BCUT2D eigenvalue weighted by atomic mass is 19.1. The number of rotatable bonds is 6. The summed E-state index contributed by atoms with van der Waals surface area (Å²) < 4.78 is 13.0. The molecule has 2 aromatic carbocycles. The van der Waals surface area contributed by atoms with Gasteiger partial charge in [-0.15, -0.1) is 0 Å². The van der Waals surface area contributed by atoms with Crippen molar-refractivity contribution in [2.75, 3.05) is 0 Å². The Labute approximate surface area is 164 Å². The highest BCUT2D eigenvalue weighted by Crippen LogP contribution is 2.31. The Kier molecular flexibility index (Phi) is 7.52. The highest BCUT2D eigenvalue weighted by molar-refractivity contribution is 5.64. The molecule has 0 aliphatic heterocycles. The molecule has 1 aliphatic carbocycles. The van der Waals surface area contributed by atoms with Gasteiger partial charge in [-0.1, -0.05) is 75.1 Å². The summed E-state index contributed by atoms with van der Waals surface area (Å²) in [7, 11) is 0. The van der Waals surface area contributed by atoms with Crippen LogP contribution in [0.25, 0.3) is 11.1 Å². The molecule has 1 aliphatic rings. The van der Waals surface area contributed by atoms with Crippen LogP contribution in [0.5, 0.6) is 0 Å². The van der Waals surface area contributed by atoms with E-state index >= 15 is 0 Å². The first kappa shape index (κ1) is 19.7. The minimum absolute atomic E-state index is 0.197. The van der Waals surface area contributed by atoms with Crippen LogP contribution in [0.15, 0.2) is 48.5 Å². The second-order valence-corrected chi connectivity index (χ2v) is 7.92. The molecular formula is C26H31F. The van der Waals surface area contributed by atoms with Gasteiger partial charge in [0.2, 0.25) is 0 Å². The molecule has 0 radical (unpaired) electrons. The van der Waals surface area contributed by atoms with Crippen molar-refractivity contribution in [3.8, 4) is 23.0 Å². The standard InChI is InChI=1S/C26H31F/c1-2-3-4-5-6-21-7-9-22(10-8-21)11-12-23-13-15-24(16-14-23)25-17-19-26(27)20-18-25/h13-22H,2-10H2,1H3/t21-,22-. The first-order chi connectivity index (χ1) is 13.2. The van der Waals surface area contributed by atoms with Gasteiger partial charge in [0.25, 0.3) is 0 Å². The molecule has 0 nitrogen and oxygen atoms in total. The molecule has 0 aromatic heterocycles. The SMILES string of the molecule is CCCCCC[C@H]1CC[C@H](C#Cc2ccc(-c3ccc(F)cc3)cc2)CC1. The van der Waals surface area contributed by atoms with Crippen molar-refractivity contribution in [2.24, 2.45) is 11.8 Å². The fraction of sp³-hybridized carbons (Fsp3) is 0.462. The van der Waals surface area contributed by atoms with Crippen molar-refractivity contribution in [1.82, 2.24) is 0 Å². The minimum Gasteiger partial charge on any atom is -0.207 e. The molecule has 1 saturated carbocycles. The van der Waals surface area contributed by atoms with Gasteiger partial charge in [0.15, 0.2) is 0 Å². The maximum Gasteiger partial charge on any atom is 0.123 e. The third kappa shape index (κ3) is 6.24. The smallest absolute Gasteiger partial charge is 0.123 e. The molecule has 0 heterocycles. The van der Waals surface area contributed by atoms with E-state index in [1.54, 1.807) is 0 Å². The van der Waals surface area contributed by atoms with E-state index in [0.717, 1.165) is 22.6 Å². The number of benzene rings is 2. The summed E-state index contributed by atoms with van der Waals surface area (Å²) >= 11 is 0. The molecule has 0 spiro atoms. The second-order valence-electron chi connectivity index (χ2n) is 7.92. The molecule has 0 N–H and O–H groups in total. The lowest BCUT2D eigenvalue weighted by molar-refractivity contribution is 0.294. The molecule has 27 heavy (non-hydrogen) atoms. The predicted octanol–water partition coefficient (Wildman–Crippen LogP) is 7.62. The van der Waals surface area contributed by atoms with E-state index in [2.05, 4.69) is 43.0 Å². The zero-order valence-corrected chi connectivity index (χ0v) is 16.5. The van der Waals surface area contributed by atoms with Crippen LogP contribution in [0, 0.1) is 29.5 Å². The fourth-order valence-corrected chi connectivity index (χ4v) is 4.03. The van der Waals surface area contributed by atoms with Gasteiger partial charge in [0.05, 0.1) is 0 Å². The van der Waals surface area contributed by atoms with E-state index < -0.39 is 0 Å². The molecular weight excluding hydrogens is 331 g/mol. The number of hydrogen-bond acceptors (Lipinski definition) is 0. The first-order valence-electron chi connectivity index (χ1n) is 10.6. The summed E-state index contributed by atoms with van der Waals surface area (Å²) in [6.07, 6.45) is 12.2. The molecule has 1 heteroatoms. The second kappa shape index (κ2) is 10.3. The Bertz CT molecular complexity index is 738. The van der Waals surface area contributed by atoms with E-state index in [0.29, 0.717) is 5.92 Å². The van der Waals surface area contributed by atoms with Crippen LogP contribution in [0.1, 0.15) is 70.3 Å². The quantitative estimate of drug-likeness (QED) is 0.366. The largest absolute Gasteiger partial charge is 0.207 e. The third-order valence-electron chi connectivity index (χ3n) is 5.80. The Morgan fingerprint density at radius 1 is 0.815 bits per heavy atom. The third-order valence-corrected chi connectivity index (χ3v) is 5.80. The molecule has 2 aromatic rings. The Morgan fingerprint density at radius 2 is 1.44 bits per heavy atom. The molecule has 142 valence electrons. The zero-order valence-electron chi connectivity index (χ0n) is 16.5. The van der Waals surface area contributed by atoms with Crippen molar-refractivity contribution < 1.29 is 4.39 Å². The van der Waals surface area contributed by atoms with Crippen molar-refractivity contribution in [1.29, 1.82) is 0 Å². The molecule has 0 amide bonds. The van der Waals surface area contributed by atoms with Crippen molar-refractivity contribution in [2.45, 2.75) is 64.7 Å². The van der Waals surface area contributed by atoms with Gasteiger partial charge >= 0.3 is 0 Å². The zero-order chi connectivity index (χ0) is 18.9. The van der Waals surface area contributed by atoms with Crippen LogP contribution in [0.2, 0.25) is 0 Å². The Hall–Kier alpha value is -2.07. The molecule has 0 bridgehead atoms. The van der Waals surface area contributed by atoms with Crippen LogP contribution in [-0.4, -0.2) is 0 Å². The highest BCUT2D eigenvalue weighted by Gasteiger charge is 2.19. The van der Waals surface area contributed by atoms with Crippen LogP contribution >= 0.6 is 0 Å². The van der Waals surface area contributed by atoms with Crippen LogP contribution in [-0.2, 0) is 0 Å². The van der Waals surface area contributed by atoms with Gasteiger partial charge in [-0.25, -0.2) is 4.39 Å². The van der Waals surface area contributed by atoms with Crippen molar-refractivity contribution in [3.05, 3.63) is 59.9 Å². The average Bonchev–Trinajstić information content (AvgIpc) is 2.72. The van der Waals surface area contributed by atoms with Crippen LogP contribution < -0.4 is 0 Å². The Balaban J connectivity index is 1.48. The minimum atomic E-state index is -0.197. The van der Waals surface area contributed by atoms with Gasteiger partial charge in [0, 0.05) is 11.5 Å². The van der Waals surface area contributed by atoms with E-state index in [1.165, 1.54) is 69.9 Å². The summed E-state index contributed by atoms with van der Waals surface area (Å²) in [6.45, 7) is 2.28. The van der Waals surface area contributed by atoms with E-state index in [1.807, 2.05) is 12.1 Å². The summed E-state index contributed by atoms with van der Waals surface area (Å²) in [6, 6.07) is 14.9. The first-order valence-corrected chi connectivity index (χ1v) is 10.6. The van der Waals surface area contributed by atoms with Crippen molar-refractivity contribution >= 4 is 0 Å². The van der Waals surface area contributed by atoms with Gasteiger partial charge in [-0.2, -0.15) is 0 Å². The summed E-state index contributed by atoms with van der Waals surface area (Å²) in [5, 5.41) is 0. The van der Waals surface area contributed by atoms with Crippen LogP contribution in [0.4, 0.5) is 4.39 Å². The fourth-order valence-electron chi connectivity index (χ4n) is 4.03. The maximum absolute atomic E-state index is 13.0. The average molecular weight is 363 g/mol.